The number of halogens is 2. The Morgan fingerprint density at radius 2 is 1.84 bits per heavy atom. The molecule has 1 aromatic heterocycles. The molecule has 0 aliphatic rings. The molecule has 0 spiro atoms. The van der Waals surface area contributed by atoms with Gasteiger partial charge >= 0.3 is 0 Å². The Morgan fingerprint density at radius 1 is 1.05 bits per heavy atom. The van der Waals surface area contributed by atoms with E-state index >= 15 is 0 Å². The van der Waals surface area contributed by atoms with Crippen LogP contribution in [0.5, 0.6) is 0 Å². The lowest BCUT2D eigenvalue weighted by Crippen LogP contribution is -1.95. The van der Waals surface area contributed by atoms with E-state index in [0.29, 0.717) is 15.7 Å². The minimum absolute atomic E-state index is 0.144. The molecule has 0 N–H and O–H groups in total. The molecule has 3 nitrogen and oxygen atoms in total. The molecule has 0 saturated heterocycles. The van der Waals surface area contributed by atoms with Crippen molar-refractivity contribution in [2.24, 2.45) is 0 Å². The Bertz CT molecular complexity index is 710. The second kappa shape index (κ2) is 5.74. The maximum absolute atomic E-state index is 12.0. The van der Waals surface area contributed by atoms with Crippen LogP contribution in [0.25, 0.3) is 6.08 Å². The van der Waals surface area contributed by atoms with E-state index in [4.69, 9.17) is 23.2 Å². The van der Waals surface area contributed by atoms with Gasteiger partial charge in [-0.2, -0.15) is 0 Å². The number of aromatic nitrogens is 1. The summed E-state index contributed by atoms with van der Waals surface area (Å²) in [4.78, 5) is 4.13. The van der Waals surface area contributed by atoms with Crippen molar-refractivity contribution < 1.29 is 8.42 Å². The molecule has 0 unspecified atom stereocenters. The van der Waals surface area contributed by atoms with E-state index in [1.807, 2.05) is 0 Å². The predicted octanol–water partition coefficient (Wildman–Crippen LogP) is 3.83. The van der Waals surface area contributed by atoms with Crippen molar-refractivity contribution in [3.63, 3.8) is 0 Å². The van der Waals surface area contributed by atoms with Crippen LogP contribution in [0.3, 0.4) is 0 Å². The highest BCUT2D eigenvalue weighted by molar-refractivity contribution is 7.94. The van der Waals surface area contributed by atoms with Crippen LogP contribution in [0.2, 0.25) is 10.0 Å². The van der Waals surface area contributed by atoms with Crippen molar-refractivity contribution in [2.75, 3.05) is 0 Å². The maximum atomic E-state index is 12.0. The summed E-state index contributed by atoms with van der Waals surface area (Å²) in [5, 5.41) is 1.96. The minimum atomic E-state index is -3.53. The van der Waals surface area contributed by atoms with Gasteiger partial charge in [-0.3, -0.25) is 4.98 Å². The summed E-state index contributed by atoms with van der Waals surface area (Å²) in [6.07, 6.45) is 2.86. The normalized spacial score (nSPS) is 11.9. The van der Waals surface area contributed by atoms with E-state index in [1.54, 1.807) is 24.3 Å². The number of nitrogens with zero attached hydrogens (tertiary/aromatic N) is 1. The third-order valence-electron chi connectivity index (χ3n) is 2.29. The number of sulfone groups is 1. The standard InChI is InChI=1S/C13H9Cl2NO2S/c14-10-2-1-3-13(8-10)19(17,18)7-6-12-5-4-11(15)9-16-12/h1-9H/b7-6+. The first-order chi connectivity index (χ1) is 8.97. The number of rotatable bonds is 3. The molecular formula is C13H9Cl2NO2S. The summed E-state index contributed by atoms with van der Waals surface area (Å²) < 4.78 is 24.1. The first-order valence-electron chi connectivity index (χ1n) is 5.28. The summed E-state index contributed by atoms with van der Waals surface area (Å²) in [5.41, 5.74) is 0.509. The monoisotopic (exact) mass is 313 g/mol. The highest BCUT2D eigenvalue weighted by Crippen LogP contribution is 2.18. The van der Waals surface area contributed by atoms with Crippen molar-refractivity contribution in [3.05, 3.63) is 63.7 Å². The lowest BCUT2D eigenvalue weighted by Gasteiger charge is -1.99. The lowest BCUT2D eigenvalue weighted by molar-refractivity contribution is 0.605. The Kier molecular flexibility index (Phi) is 4.24. The zero-order valence-corrected chi connectivity index (χ0v) is 12.0. The van der Waals surface area contributed by atoms with Gasteiger partial charge in [0.25, 0.3) is 0 Å². The Hall–Kier alpha value is -1.36. The summed E-state index contributed by atoms with van der Waals surface area (Å²) in [6.45, 7) is 0. The zero-order chi connectivity index (χ0) is 13.9. The van der Waals surface area contributed by atoms with Crippen molar-refractivity contribution in [3.8, 4) is 0 Å². The molecule has 19 heavy (non-hydrogen) atoms. The second-order valence-electron chi connectivity index (χ2n) is 3.71. The number of pyridine rings is 1. The van der Waals surface area contributed by atoms with Gasteiger partial charge in [0, 0.05) is 16.6 Å². The van der Waals surface area contributed by atoms with E-state index in [1.165, 1.54) is 24.4 Å². The van der Waals surface area contributed by atoms with E-state index in [9.17, 15) is 8.42 Å². The number of hydrogen-bond donors (Lipinski definition) is 0. The van der Waals surface area contributed by atoms with Crippen molar-refractivity contribution >= 4 is 39.1 Å². The molecule has 2 rings (SSSR count). The average Bonchev–Trinajstić information content (AvgIpc) is 2.38. The summed E-state index contributed by atoms with van der Waals surface area (Å²) in [6, 6.07) is 9.36. The molecule has 1 heterocycles. The highest BCUT2D eigenvalue weighted by Gasteiger charge is 2.10. The molecule has 1 aromatic carbocycles. The van der Waals surface area contributed by atoms with Crippen molar-refractivity contribution in [2.45, 2.75) is 4.90 Å². The first-order valence-corrected chi connectivity index (χ1v) is 7.58. The fourth-order valence-corrected chi connectivity index (χ4v) is 2.77. The van der Waals surface area contributed by atoms with Crippen LogP contribution in [0.4, 0.5) is 0 Å². The van der Waals surface area contributed by atoms with Crippen LogP contribution in [-0.2, 0) is 9.84 Å². The summed E-state index contributed by atoms with van der Waals surface area (Å²) >= 11 is 11.5. The van der Waals surface area contributed by atoms with Crippen molar-refractivity contribution in [1.82, 2.24) is 4.98 Å². The van der Waals surface area contributed by atoms with E-state index in [2.05, 4.69) is 4.98 Å². The van der Waals surface area contributed by atoms with Crippen molar-refractivity contribution in [1.29, 1.82) is 0 Å². The van der Waals surface area contributed by atoms with Gasteiger partial charge in [-0.25, -0.2) is 8.42 Å². The second-order valence-corrected chi connectivity index (χ2v) is 6.41. The zero-order valence-electron chi connectivity index (χ0n) is 9.62. The van der Waals surface area contributed by atoms with Crippen LogP contribution < -0.4 is 0 Å². The van der Waals surface area contributed by atoms with Gasteiger partial charge in [-0.15, -0.1) is 0 Å². The molecule has 0 saturated carbocycles. The molecule has 0 bridgehead atoms. The van der Waals surface area contributed by atoms with Crippen LogP contribution in [0, 0.1) is 0 Å². The smallest absolute Gasteiger partial charge is 0.199 e. The largest absolute Gasteiger partial charge is 0.255 e. The topological polar surface area (TPSA) is 47.0 Å². The maximum Gasteiger partial charge on any atom is 0.199 e. The van der Waals surface area contributed by atoms with Crippen LogP contribution in [-0.4, -0.2) is 13.4 Å². The van der Waals surface area contributed by atoms with Gasteiger partial charge in [0.2, 0.25) is 0 Å². The first kappa shape index (κ1) is 14.1. The van der Waals surface area contributed by atoms with Gasteiger partial charge in [-0.05, 0) is 36.4 Å². The highest BCUT2D eigenvalue weighted by atomic mass is 35.5. The Labute approximate surface area is 121 Å². The van der Waals surface area contributed by atoms with Crippen LogP contribution in [0.15, 0.2) is 52.9 Å². The molecule has 6 heteroatoms. The third kappa shape index (κ3) is 3.80. The molecule has 2 aromatic rings. The fraction of sp³-hybridized carbons (Fsp3) is 0. The molecule has 98 valence electrons. The molecule has 0 aliphatic carbocycles. The van der Waals surface area contributed by atoms with Crippen LogP contribution in [0.1, 0.15) is 5.69 Å². The molecule has 0 radical (unpaired) electrons. The number of benzene rings is 1. The van der Waals surface area contributed by atoms with Crippen LogP contribution >= 0.6 is 23.2 Å². The molecular weight excluding hydrogens is 305 g/mol. The predicted molar refractivity (Wildman–Crippen MR) is 76.9 cm³/mol. The molecule has 0 fully saturated rings. The van der Waals surface area contributed by atoms with E-state index < -0.39 is 9.84 Å². The van der Waals surface area contributed by atoms with Gasteiger partial charge in [0.1, 0.15) is 0 Å². The number of hydrogen-bond acceptors (Lipinski definition) is 3. The molecule has 0 aliphatic heterocycles. The third-order valence-corrected chi connectivity index (χ3v) is 4.16. The van der Waals surface area contributed by atoms with Gasteiger partial charge in [-0.1, -0.05) is 29.3 Å². The Morgan fingerprint density at radius 3 is 2.47 bits per heavy atom. The quantitative estimate of drug-likeness (QED) is 0.865. The van der Waals surface area contributed by atoms with E-state index in [0.717, 1.165) is 5.41 Å². The fourth-order valence-electron chi connectivity index (χ4n) is 1.37. The molecule has 0 amide bonds. The SMILES string of the molecule is O=S(=O)(/C=C/c1ccc(Cl)cn1)c1cccc(Cl)c1. The minimum Gasteiger partial charge on any atom is -0.255 e. The lowest BCUT2D eigenvalue weighted by atomic mass is 10.3. The average molecular weight is 314 g/mol. The van der Waals surface area contributed by atoms with Gasteiger partial charge in [0.05, 0.1) is 15.6 Å². The molecule has 0 atom stereocenters. The summed E-state index contributed by atoms with van der Waals surface area (Å²) in [5.74, 6) is 0. The Balaban J connectivity index is 2.29. The van der Waals surface area contributed by atoms with Gasteiger partial charge < -0.3 is 0 Å². The summed E-state index contributed by atoms with van der Waals surface area (Å²) in [7, 11) is -3.53. The van der Waals surface area contributed by atoms with Gasteiger partial charge in [0.15, 0.2) is 9.84 Å². The van der Waals surface area contributed by atoms with E-state index in [-0.39, 0.29) is 4.90 Å².